The topological polar surface area (TPSA) is 75.6 Å². The van der Waals surface area contributed by atoms with E-state index < -0.39 is 18.5 Å². The maximum atomic E-state index is 12.3. The van der Waals surface area contributed by atoms with Gasteiger partial charge in [-0.1, -0.05) is 12.1 Å². The average molecular weight is 387 g/mol. The third-order valence-corrected chi connectivity index (χ3v) is 4.89. The molecule has 25 heavy (non-hydrogen) atoms. The lowest BCUT2D eigenvalue weighted by Gasteiger charge is -2.08. The Morgan fingerprint density at radius 3 is 2.84 bits per heavy atom. The SMILES string of the molecule is O=C(O)CCSCc1cccc(NC(=O)c2sccc2OC(F)F)c1. The normalized spacial score (nSPS) is 10.7. The van der Waals surface area contributed by atoms with Crippen LogP contribution in [0, 0.1) is 0 Å². The number of alkyl halides is 2. The summed E-state index contributed by atoms with van der Waals surface area (Å²) in [5.41, 5.74) is 1.45. The van der Waals surface area contributed by atoms with E-state index in [1.807, 2.05) is 6.07 Å². The number of carbonyl (C=O) groups excluding carboxylic acids is 1. The first-order valence-corrected chi connectivity index (χ1v) is 9.21. The zero-order valence-corrected chi connectivity index (χ0v) is 14.5. The number of anilines is 1. The van der Waals surface area contributed by atoms with Gasteiger partial charge in [0.25, 0.3) is 5.91 Å². The van der Waals surface area contributed by atoms with Crippen molar-refractivity contribution in [3.63, 3.8) is 0 Å². The molecule has 1 aromatic carbocycles. The number of carboxylic acid groups (broad SMARTS) is 1. The van der Waals surface area contributed by atoms with Gasteiger partial charge < -0.3 is 15.2 Å². The molecule has 0 saturated carbocycles. The van der Waals surface area contributed by atoms with Gasteiger partial charge in [-0.2, -0.15) is 20.5 Å². The highest BCUT2D eigenvalue weighted by Gasteiger charge is 2.17. The Balaban J connectivity index is 1.96. The van der Waals surface area contributed by atoms with Crippen LogP contribution >= 0.6 is 23.1 Å². The maximum Gasteiger partial charge on any atom is 0.387 e. The van der Waals surface area contributed by atoms with Crippen LogP contribution in [-0.2, 0) is 10.5 Å². The Bertz CT molecular complexity index is 736. The molecule has 2 aromatic rings. The Kier molecular flexibility index (Phi) is 7.20. The third-order valence-electron chi connectivity index (χ3n) is 2.97. The number of carboxylic acids is 1. The monoisotopic (exact) mass is 387 g/mol. The summed E-state index contributed by atoms with van der Waals surface area (Å²) in [7, 11) is 0. The minimum Gasteiger partial charge on any atom is -0.481 e. The van der Waals surface area contributed by atoms with Crippen molar-refractivity contribution in [1.82, 2.24) is 0 Å². The Morgan fingerprint density at radius 1 is 1.32 bits per heavy atom. The van der Waals surface area contributed by atoms with E-state index in [2.05, 4.69) is 10.1 Å². The van der Waals surface area contributed by atoms with Gasteiger partial charge in [-0.3, -0.25) is 9.59 Å². The van der Waals surface area contributed by atoms with Crippen LogP contribution in [0.1, 0.15) is 21.7 Å². The van der Waals surface area contributed by atoms with Gasteiger partial charge in [0.15, 0.2) is 0 Å². The summed E-state index contributed by atoms with van der Waals surface area (Å²) >= 11 is 2.49. The molecular weight excluding hydrogens is 372 g/mol. The molecule has 0 unspecified atom stereocenters. The molecular formula is C16H15F2NO4S2. The van der Waals surface area contributed by atoms with Gasteiger partial charge in [0.2, 0.25) is 0 Å². The van der Waals surface area contributed by atoms with Crippen LogP contribution in [0.15, 0.2) is 35.7 Å². The van der Waals surface area contributed by atoms with Crippen LogP contribution in [-0.4, -0.2) is 29.3 Å². The minimum atomic E-state index is -2.99. The zero-order valence-electron chi connectivity index (χ0n) is 12.9. The van der Waals surface area contributed by atoms with E-state index in [-0.39, 0.29) is 17.0 Å². The first kappa shape index (κ1) is 19.2. The Labute approximate surface area is 151 Å². The van der Waals surface area contributed by atoms with Crippen molar-refractivity contribution in [3.05, 3.63) is 46.2 Å². The number of aliphatic carboxylic acids is 1. The van der Waals surface area contributed by atoms with Crippen molar-refractivity contribution in [1.29, 1.82) is 0 Å². The van der Waals surface area contributed by atoms with Crippen LogP contribution in [0.2, 0.25) is 0 Å². The van der Waals surface area contributed by atoms with E-state index in [4.69, 9.17) is 5.11 Å². The summed E-state index contributed by atoms with van der Waals surface area (Å²) in [6.07, 6.45) is 0.0897. The summed E-state index contributed by atoms with van der Waals surface area (Å²) in [5, 5.41) is 12.8. The molecule has 0 bridgehead atoms. The Hall–Kier alpha value is -2.13. The van der Waals surface area contributed by atoms with Gasteiger partial charge >= 0.3 is 12.6 Å². The number of thiophene rings is 1. The number of carbonyl (C=O) groups is 2. The van der Waals surface area contributed by atoms with Crippen LogP contribution in [0.5, 0.6) is 5.75 Å². The lowest BCUT2D eigenvalue weighted by Crippen LogP contribution is -2.13. The molecule has 0 aliphatic heterocycles. The number of hydrogen-bond acceptors (Lipinski definition) is 5. The van der Waals surface area contributed by atoms with E-state index in [0.717, 1.165) is 16.9 Å². The van der Waals surface area contributed by atoms with Gasteiger partial charge in [-0.15, -0.1) is 11.3 Å². The molecule has 0 aliphatic rings. The fourth-order valence-corrected chi connectivity index (χ4v) is 3.52. The molecule has 1 amide bonds. The second-order valence-electron chi connectivity index (χ2n) is 4.84. The molecule has 0 atom stereocenters. The number of rotatable bonds is 9. The number of halogens is 2. The van der Waals surface area contributed by atoms with Crippen molar-refractivity contribution in [3.8, 4) is 5.75 Å². The summed E-state index contributed by atoms with van der Waals surface area (Å²) < 4.78 is 29.0. The summed E-state index contributed by atoms with van der Waals surface area (Å²) in [4.78, 5) is 22.8. The first-order valence-electron chi connectivity index (χ1n) is 7.18. The van der Waals surface area contributed by atoms with E-state index in [1.54, 1.807) is 18.2 Å². The van der Waals surface area contributed by atoms with Crippen molar-refractivity contribution >= 4 is 40.7 Å². The molecule has 5 nitrogen and oxygen atoms in total. The van der Waals surface area contributed by atoms with Gasteiger partial charge in [-0.05, 0) is 29.1 Å². The fourth-order valence-electron chi connectivity index (χ4n) is 1.93. The largest absolute Gasteiger partial charge is 0.481 e. The van der Waals surface area contributed by atoms with Crippen LogP contribution in [0.3, 0.4) is 0 Å². The lowest BCUT2D eigenvalue weighted by molar-refractivity contribution is -0.136. The maximum absolute atomic E-state index is 12.3. The first-order chi connectivity index (χ1) is 12.0. The smallest absolute Gasteiger partial charge is 0.387 e. The highest BCUT2D eigenvalue weighted by atomic mass is 32.2. The van der Waals surface area contributed by atoms with E-state index in [0.29, 0.717) is 17.2 Å². The number of hydrogen-bond donors (Lipinski definition) is 2. The van der Waals surface area contributed by atoms with E-state index in [1.165, 1.54) is 23.2 Å². The summed E-state index contributed by atoms with van der Waals surface area (Å²) in [6.45, 7) is -2.99. The Morgan fingerprint density at radius 2 is 2.12 bits per heavy atom. The third kappa shape index (κ3) is 6.35. The van der Waals surface area contributed by atoms with Gasteiger partial charge in [0.1, 0.15) is 10.6 Å². The standard InChI is InChI=1S/C16H15F2NO4S2/c17-16(18)23-12-4-7-25-14(12)15(22)19-11-3-1-2-10(8-11)9-24-6-5-13(20)21/h1-4,7-8,16H,5-6,9H2,(H,19,22)(H,20,21). The number of ether oxygens (including phenoxy) is 1. The quantitative estimate of drug-likeness (QED) is 0.627. The van der Waals surface area contributed by atoms with Gasteiger partial charge in [-0.25, -0.2) is 0 Å². The molecule has 0 spiro atoms. The van der Waals surface area contributed by atoms with Crippen LogP contribution in [0.25, 0.3) is 0 Å². The molecule has 0 fully saturated rings. The van der Waals surface area contributed by atoms with Gasteiger partial charge in [0.05, 0.1) is 6.42 Å². The average Bonchev–Trinajstić information content (AvgIpc) is 2.99. The van der Waals surface area contributed by atoms with E-state index >= 15 is 0 Å². The number of nitrogens with one attached hydrogen (secondary N) is 1. The highest BCUT2D eigenvalue weighted by Crippen LogP contribution is 2.27. The molecule has 1 heterocycles. The molecule has 2 rings (SSSR count). The second-order valence-corrected chi connectivity index (χ2v) is 6.86. The molecule has 0 radical (unpaired) electrons. The number of thioether (sulfide) groups is 1. The molecule has 0 aliphatic carbocycles. The predicted octanol–water partition coefficient (Wildman–Crippen LogP) is 4.31. The van der Waals surface area contributed by atoms with Crippen molar-refractivity contribution in [2.45, 2.75) is 18.8 Å². The van der Waals surface area contributed by atoms with Crippen molar-refractivity contribution < 1.29 is 28.2 Å². The zero-order chi connectivity index (χ0) is 18.2. The van der Waals surface area contributed by atoms with Crippen molar-refractivity contribution in [2.75, 3.05) is 11.1 Å². The fraction of sp³-hybridized carbons (Fsp3) is 0.250. The molecule has 9 heteroatoms. The van der Waals surface area contributed by atoms with Gasteiger partial charge in [0, 0.05) is 17.2 Å². The van der Waals surface area contributed by atoms with Crippen LogP contribution in [0.4, 0.5) is 14.5 Å². The number of benzene rings is 1. The highest BCUT2D eigenvalue weighted by molar-refractivity contribution is 7.98. The lowest BCUT2D eigenvalue weighted by atomic mass is 10.2. The second kappa shape index (κ2) is 9.38. The molecule has 0 saturated heterocycles. The minimum absolute atomic E-state index is 0.0709. The summed E-state index contributed by atoms with van der Waals surface area (Å²) in [5.74, 6) is -0.420. The van der Waals surface area contributed by atoms with Crippen molar-refractivity contribution in [2.24, 2.45) is 0 Å². The van der Waals surface area contributed by atoms with E-state index in [9.17, 15) is 18.4 Å². The number of amides is 1. The molecule has 134 valence electrons. The predicted molar refractivity (Wildman–Crippen MR) is 93.8 cm³/mol. The van der Waals surface area contributed by atoms with Crippen LogP contribution < -0.4 is 10.1 Å². The molecule has 1 aromatic heterocycles. The summed E-state index contributed by atoms with van der Waals surface area (Å²) in [6, 6.07) is 8.38. The molecule has 2 N–H and O–H groups in total.